The second-order valence-corrected chi connectivity index (χ2v) is 4.42. The molecule has 8 heteroatoms. The average molecular weight is 302 g/mol. The zero-order valence-electron chi connectivity index (χ0n) is 10.0. The second kappa shape index (κ2) is 4.72. The molecular formula is C12H7ClF3N3O. The first-order valence-electron chi connectivity index (χ1n) is 5.30. The largest absolute Gasteiger partial charge is 0.505 e. The van der Waals surface area contributed by atoms with Gasteiger partial charge in [0, 0.05) is 6.20 Å². The van der Waals surface area contributed by atoms with Gasteiger partial charge >= 0.3 is 6.18 Å². The molecule has 0 unspecified atom stereocenters. The lowest BCUT2D eigenvalue weighted by Gasteiger charge is -2.13. The van der Waals surface area contributed by atoms with E-state index >= 15 is 0 Å². The predicted molar refractivity (Wildman–Crippen MR) is 64.7 cm³/mol. The van der Waals surface area contributed by atoms with Crippen LogP contribution in [0.3, 0.4) is 0 Å². The van der Waals surface area contributed by atoms with E-state index in [4.69, 9.17) is 16.9 Å². The minimum absolute atomic E-state index is 0.236. The monoisotopic (exact) mass is 301 g/mol. The molecule has 1 aromatic carbocycles. The number of benzene rings is 1. The molecule has 0 atom stereocenters. The van der Waals surface area contributed by atoms with Crippen LogP contribution in [-0.2, 0) is 6.18 Å². The van der Waals surface area contributed by atoms with Gasteiger partial charge in [-0.2, -0.15) is 23.5 Å². The Kier molecular flexibility index (Phi) is 3.36. The number of halogens is 4. The lowest BCUT2D eigenvalue weighted by molar-refractivity contribution is -0.138. The lowest BCUT2D eigenvalue weighted by atomic mass is 10.1. The number of rotatable bonds is 1. The van der Waals surface area contributed by atoms with Crippen LogP contribution in [0.25, 0.3) is 5.69 Å². The van der Waals surface area contributed by atoms with E-state index in [2.05, 4.69) is 5.10 Å². The van der Waals surface area contributed by atoms with Crippen molar-refractivity contribution in [2.45, 2.75) is 13.1 Å². The highest BCUT2D eigenvalue weighted by atomic mass is 35.5. The van der Waals surface area contributed by atoms with Crippen LogP contribution < -0.4 is 0 Å². The van der Waals surface area contributed by atoms with E-state index in [1.165, 1.54) is 6.20 Å². The highest BCUT2D eigenvalue weighted by Gasteiger charge is 2.36. The van der Waals surface area contributed by atoms with E-state index in [1.54, 1.807) is 13.0 Å². The van der Waals surface area contributed by atoms with Crippen LogP contribution in [0.4, 0.5) is 13.2 Å². The molecule has 0 aliphatic carbocycles. The Hall–Kier alpha value is -2.20. The number of phenols is 1. The van der Waals surface area contributed by atoms with E-state index in [0.717, 1.165) is 10.7 Å². The number of aryl methyl sites for hydroxylation is 1. The van der Waals surface area contributed by atoms with Gasteiger partial charge in [0.15, 0.2) is 5.75 Å². The molecule has 0 aliphatic heterocycles. The Morgan fingerprint density at radius 3 is 2.50 bits per heavy atom. The Morgan fingerprint density at radius 1 is 1.40 bits per heavy atom. The van der Waals surface area contributed by atoms with Gasteiger partial charge in [0.05, 0.1) is 22.3 Å². The number of aromatic hydroxyl groups is 1. The van der Waals surface area contributed by atoms with Gasteiger partial charge in [-0.3, -0.25) is 0 Å². The van der Waals surface area contributed by atoms with Crippen molar-refractivity contribution >= 4 is 11.6 Å². The topological polar surface area (TPSA) is 61.8 Å². The van der Waals surface area contributed by atoms with Crippen molar-refractivity contribution in [1.82, 2.24) is 9.78 Å². The summed E-state index contributed by atoms with van der Waals surface area (Å²) in [5, 5.41) is 22.7. The summed E-state index contributed by atoms with van der Waals surface area (Å²) in [6, 6.07) is 3.30. The quantitative estimate of drug-likeness (QED) is 0.877. The first kappa shape index (κ1) is 14.2. The van der Waals surface area contributed by atoms with Crippen molar-refractivity contribution in [3.8, 4) is 17.5 Å². The SMILES string of the molecule is Cc1nn(-c2cc(C#N)cc(C(F)(F)F)c2O)cc1Cl. The average Bonchev–Trinajstić information content (AvgIpc) is 2.68. The van der Waals surface area contributed by atoms with Gasteiger partial charge in [-0.15, -0.1) is 0 Å². The van der Waals surface area contributed by atoms with Crippen molar-refractivity contribution in [3.63, 3.8) is 0 Å². The first-order chi connectivity index (χ1) is 9.24. The van der Waals surface area contributed by atoms with E-state index in [0.29, 0.717) is 11.8 Å². The number of phenolic OH excluding ortho intramolecular Hbond substituents is 1. The molecule has 0 amide bonds. The number of aromatic nitrogens is 2. The van der Waals surface area contributed by atoms with Gasteiger partial charge in [0.25, 0.3) is 0 Å². The summed E-state index contributed by atoms with van der Waals surface area (Å²) in [6.45, 7) is 1.56. The normalized spacial score (nSPS) is 11.4. The third-order valence-corrected chi connectivity index (χ3v) is 2.98. The van der Waals surface area contributed by atoms with E-state index < -0.39 is 17.5 Å². The van der Waals surface area contributed by atoms with Crippen LogP contribution in [0.2, 0.25) is 5.02 Å². The zero-order valence-corrected chi connectivity index (χ0v) is 10.8. The molecule has 0 spiro atoms. The van der Waals surface area contributed by atoms with Crippen molar-refractivity contribution in [1.29, 1.82) is 5.26 Å². The fourth-order valence-corrected chi connectivity index (χ4v) is 1.77. The fourth-order valence-electron chi connectivity index (χ4n) is 1.64. The van der Waals surface area contributed by atoms with Crippen molar-refractivity contribution in [2.75, 3.05) is 0 Å². The molecule has 1 heterocycles. The molecule has 2 rings (SSSR count). The maximum absolute atomic E-state index is 12.8. The number of hydrogen-bond donors (Lipinski definition) is 1. The summed E-state index contributed by atoms with van der Waals surface area (Å²) >= 11 is 5.78. The summed E-state index contributed by atoms with van der Waals surface area (Å²) in [5.41, 5.74) is -1.40. The summed E-state index contributed by atoms with van der Waals surface area (Å²) in [5.74, 6) is -1.00. The molecule has 0 saturated heterocycles. The third-order valence-electron chi connectivity index (χ3n) is 2.61. The van der Waals surface area contributed by atoms with Crippen LogP contribution in [0.5, 0.6) is 5.75 Å². The zero-order chi connectivity index (χ0) is 15.1. The minimum atomic E-state index is -4.78. The Balaban J connectivity index is 2.73. The molecule has 0 aliphatic rings. The summed E-state index contributed by atoms with van der Waals surface area (Å²) in [6.07, 6.45) is -3.52. The number of hydrogen-bond acceptors (Lipinski definition) is 3. The molecule has 0 radical (unpaired) electrons. The van der Waals surface area contributed by atoms with Gasteiger partial charge in [0.1, 0.15) is 11.3 Å². The molecule has 0 saturated carbocycles. The van der Waals surface area contributed by atoms with E-state index in [9.17, 15) is 18.3 Å². The fraction of sp³-hybridized carbons (Fsp3) is 0.167. The number of alkyl halides is 3. The molecule has 0 fully saturated rings. The highest BCUT2D eigenvalue weighted by molar-refractivity contribution is 6.31. The smallest absolute Gasteiger partial charge is 0.420 e. The van der Waals surface area contributed by atoms with Crippen LogP contribution in [0, 0.1) is 18.3 Å². The first-order valence-corrected chi connectivity index (χ1v) is 5.68. The Bertz CT molecular complexity index is 696. The lowest BCUT2D eigenvalue weighted by Crippen LogP contribution is -2.08. The molecule has 1 aromatic heterocycles. The molecule has 104 valence electrons. The van der Waals surface area contributed by atoms with Crippen molar-refractivity contribution < 1.29 is 18.3 Å². The molecule has 4 nitrogen and oxygen atoms in total. The van der Waals surface area contributed by atoms with Gasteiger partial charge < -0.3 is 5.11 Å². The van der Waals surface area contributed by atoms with Crippen LogP contribution in [-0.4, -0.2) is 14.9 Å². The Morgan fingerprint density at radius 2 is 2.05 bits per heavy atom. The molecule has 2 aromatic rings. The van der Waals surface area contributed by atoms with Crippen LogP contribution >= 0.6 is 11.6 Å². The summed E-state index contributed by atoms with van der Waals surface area (Å²) < 4.78 is 39.5. The van der Waals surface area contributed by atoms with Gasteiger partial charge in [-0.05, 0) is 19.1 Å². The molecular weight excluding hydrogens is 295 g/mol. The van der Waals surface area contributed by atoms with E-state index in [1.807, 2.05) is 0 Å². The minimum Gasteiger partial charge on any atom is -0.505 e. The van der Waals surface area contributed by atoms with Gasteiger partial charge in [-0.1, -0.05) is 11.6 Å². The number of nitrogens with zero attached hydrogens (tertiary/aromatic N) is 3. The maximum atomic E-state index is 12.8. The van der Waals surface area contributed by atoms with Crippen molar-refractivity contribution in [3.05, 3.63) is 40.2 Å². The van der Waals surface area contributed by atoms with Crippen LogP contribution in [0.15, 0.2) is 18.3 Å². The highest BCUT2D eigenvalue weighted by Crippen LogP contribution is 2.39. The molecule has 0 bridgehead atoms. The predicted octanol–water partition coefficient (Wildman–Crippen LogP) is 3.43. The summed E-state index contributed by atoms with van der Waals surface area (Å²) in [4.78, 5) is 0. The Labute approximate surface area is 116 Å². The van der Waals surface area contributed by atoms with Crippen molar-refractivity contribution in [2.24, 2.45) is 0 Å². The molecule has 20 heavy (non-hydrogen) atoms. The van der Waals surface area contributed by atoms with Crippen LogP contribution in [0.1, 0.15) is 16.8 Å². The second-order valence-electron chi connectivity index (χ2n) is 4.01. The maximum Gasteiger partial charge on any atom is 0.420 e. The van der Waals surface area contributed by atoms with E-state index in [-0.39, 0.29) is 16.3 Å². The standard InChI is InChI=1S/C12H7ClF3N3O/c1-6-9(13)5-19(18-6)10-3-7(4-17)2-8(11(10)20)12(14,15)16/h2-3,5,20H,1H3. The summed E-state index contributed by atoms with van der Waals surface area (Å²) in [7, 11) is 0. The number of nitriles is 1. The molecule has 1 N–H and O–H groups in total. The third kappa shape index (κ3) is 2.42. The van der Waals surface area contributed by atoms with Gasteiger partial charge in [0.2, 0.25) is 0 Å². The van der Waals surface area contributed by atoms with Gasteiger partial charge in [-0.25, -0.2) is 4.68 Å².